The van der Waals surface area contributed by atoms with Crippen molar-refractivity contribution in [1.29, 1.82) is 0 Å². The highest BCUT2D eigenvalue weighted by atomic mass is 32.1. The van der Waals surface area contributed by atoms with Gasteiger partial charge in [-0.2, -0.15) is 5.10 Å². The van der Waals surface area contributed by atoms with Crippen molar-refractivity contribution in [2.45, 2.75) is 26.7 Å². The molecule has 0 radical (unpaired) electrons. The minimum absolute atomic E-state index is 0.758. The lowest BCUT2D eigenvalue weighted by Gasteiger charge is -2.05. The molecule has 2 aromatic rings. The van der Waals surface area contributed by atoms with Crippen LogP contribution < -0.4 is 10.2 Å². The number of hydrogen-bond donors (Lipinski definition) is 1. The van der Waals surface area contributed by atoms with E-state index in [1.807, 2.05) is 36.6 Å². The molecule has 0 unspecified atom stereocenters. The number of nitrogens with zero attached hydrogens (tertiary/aromatic N) is 2. The molecule has 0 amide bonds. The summed E-state index contributed by atoms with van der Waals surface area (Å²) >= 11 is 1.54. The molecule has 0 bridgehead atoms. The Kier molecular flexibility index (Phi) is 5.55. The summed E-state index contributed by atoms with van der Waals surface area (Å²) in [5.74, 6) is 0.882. The van der Waals surface area contributed by atoms with Gasteiger partial charge in [-0.05, 0) is 31.0 Å². The highest BCUT2D eigenvalue weighted by Crippen LogP contribution is 2.15. The summed E-state index contributed by atoms with van der Waals surface area (Å²) in [5.41, 5.74) is 4.92. The molecule has 0 saturated carbocycles. The van der Waals surface area contributed by atoms with Gasteiger partial charge < -0.3 is 4.74 Å². The zero-order valence-corrected chi connectivity index (χ0v) is 12.6. The van der Waals surface area contributed by atoms with Crippen LogP contribution in [-0.2, 0) is 0 Å². The largest absolute Gasteiger partial charge is 0.494 e. The van der Waals surface area contributed by atoms with Gasteiger partial charge in [0.15, 0.2) is 0 Å². The molecule has 0 aliphatic rings. The van der Waals surface area contributed by atoms with Crippen LogP contribution in [0.15, 0.2) is 34.7 Å². The van der Waals surface area contributed by atoms with Crippen molar-refractivity contribution in [2.24, 2.45) is 5.10 Å². The van der Waals surface area contributed by atoms with Gasteiger partial charge in [0, 0.05) is 5.38 Å². The summed E-state index contributed by atoms with van der Waals surface area (Å²) < 4.78 is 5.66. The molecule has 0 saturated heterocycles. The van der Waals surface area contributed by atoms with E-state index in [1.165, 1.54) is 0 Å². The zero-order chi connectivity index (χ0) is 14.2. The lowest BCUT2D eigenvalue weighted by molar-refractivity contribution is 0.309. The van der Waals surface area contributed by atoms with Crippen molar-refractivity contribution >= 4 is 22.7 Å². The number of hydrogen-bond acceptors (Lipinski definition) is 5. The first-order valence-electron chi connectivity index (χ1n) is 6.72. The van der Waals surface area contributed by atoms with Gasteiger partial charge >= 0.3 is 0 Å². The number of hydrazone groups is 1. The van der Waals surface area contributed by atoms with Gasteiger partial charge in [0.05, 0.1) is 18.5 Å². The van der Waals surface area contributed by atoms with Crippen molar-refractivity contribution in [1.82, 2.24) is 4.98 Å². The Labute approximate surface area is 123 Å². The molecule has 106 valence electrons. The summed E-state index contributed by atoms with van der Waals surface area (Å²) in [7, 11) is 0. The summed E-state index contributed by atoms with van der Waals surface area (Å²) in [4.78, 5) is 4.28. The van der Waals surface area contributed by atoms with Crippen LogP contribution in [0.1, 0.15) is 31.0 Å². The van der Waals surface area contributed by atoms with E-state index in [-0.39, 0.29) is 0 Å². The Morgan fingerprint density at radius 3 is 3.10 bits per heavy atom. The quantitative estimate of drug-likeness (QED) is 0.474. The minimum Gasteiger partial charge on any atom is -0.494 e. The van der Waals surface area contributed by atoms with E-state index < -0.39 is 0 Å². The fraction of sp³-hybridized carbons (Fsp3) is 0.333. The SMILES string of the molecule is CCCCOc1cccc(/C=N\Nc2nc(C)cs2)c1. The Morgan fingerprint density at radius 2 is 2.35 bits per heavy atom. The minimum atomic E-state index is 0.758. The van der Waals surface area contributed by atoms with Crippen molar-refractivity contribution in [3.63, 3.8) is 0 Å². The number of anilines is 1. The van der Waals surface area contributed by atoms with Crippen molar-refractivity contribution in [2.75, 3.05) is 12.0 Å². The predicted molar refractivity (Wildman–Crippen MR) is 84.9 cm³/mol. The molecule has 1 N–H and O–H groups in total. The fourth-order valence-electron chi connectivity index (χ4n) is 1.59. The second-order valence-electron chi connectivity index (χ2n) is 4.44. The Morgan fingerprint density at radius 1 is 1.45 bits per heavy atom. The first-order valence-corrected chi connectivity index (χ1v) is 7.60. The summed E-state index contributed by atoms with van der Waals surface area (Å²) in [6, 6.07) is 7.90. The summed E-state index contributed by atoms with van der Waals surface area (Å²) in [5, 5.41) is 6.97. The van der Waals surface area contributed by atoms with Gasteiger partial charge in [0.2, 0.25) is 5.13 Å². The van der Waals surface area contributed by atoms with E-state index in [4.69, 9.17) is 4.74 Å². The van der Waals surface area contributed by atoms with Crippen molar-refractivity contribution in [3.05, 3.63) is 40.9 Å². The van der Waals surface area contributed by atoms with Crippen LogP contribution in [0.3, 0.4) is 0 Å². The van der Waals surface area contributed by atoms with Gasteiger partial charge in [-0.25, -0.2) is 4.98 Å². The van der Waals surface area contributed by atoms with Crippen LogP contribution in [0.2, 0.25) is 0 Å². The normalized spacial score (nSPS) is 10.9. The highest BCUT2D eigenvalue weighted by Gasteiger charge is 1.96. The van der Waals surface area contributed by atoms with Crippen LogP contribution in [-0.4, -0.2) is 17.8 Å². The van der Waals surface area contributed by atoms with Crippen LogP contribution in [0.5, 0.6) is 5.75 Å². The standard InChI is InChI=1S/C15H19N3OS/c1-3-4-8-19-14-7-5-6-13(9-14)10-16-18-15-17-12(2)11-20-15/h5-7,9-11H,3-4,8H2,1-2H3,(H,17,18)/b16-10-. The molecule has 1 aromatic carbocycles. The number of benzene rings is 1. The first kappa shape index (κ1) is 14.5. The molecule has 1 heterocycles. The van der Waals surface area contributed by atoms with Gasteiger partial charge in [-0.15, -0.1) is 11.3 Å². The molecule has 0 fully saturated rings. The van der Waals surface area contributed by atoms with Gasteiger partial charge in [-0.3, -0.25) is 5.43 Å². The van der Waals surface area contributed by atoms with E-state index in [0.29, 0.717) is 0 Å². The van der Waals surface area contributed by atoms with E-state index in [9.17, 15) is 0 Å². The third-order valence-corrected chi connectivity index (χ3v) is 3.48. The lowest BCUT2D eigenvalue weighted by Crippen LogP contribution is -1.97. The zero-order valence-electron chi connectivity index (χ0n) is 11.8. The van der Waals surface area contributed by atoms with Gasteiger partial charge in [-0.1, -0.05) is 25.5 Å². The smallest absolute Gasteiger partial charge is 0.203 e. The third-order valence-electron chi connectivity index (χ3n) is 2.62. The maximum atomic E-state index is 5.66. The Hall–Kier alpha value is -1.88. The molecule has 0 spiro atoms. The number of rotatable bonds is 7. The Balaban J connectivity index is 1.90. The van der Waals surface area contributed by atoms with Crippen molar-refractivity contribution < 1.29 is 4.74 Å². The molecule has 0 aliphatic heterocycles. The number of nitrogens with one attached hydrogen (secondary N) is 1. The number of aromatic nitrogens is 1. The van der Waals surface area contributed by atoms with E-state index in [1.54, 1.807) is 17.6 Å². The maximum Gasteiger partial charge on any atom is 0.203 e. The fourth-order valence-corrected chi connectivity index (χ4v) is 2.22. The molecule has 20 heavy (non-hydrogen) atoms. The molecule has 5 heteroatoms. The van der Waals surface area contributed by atoms with E-state index in [2.05, 4.69) is 22.4 Å². The molecular formula is C15H19N3OS. The molecule has 1 aromatic heterocycles. The third kappa shape index (κ3) is 4.66. The first-order chi connectivity index (χ1) is 9.78. The second-order valence-corrected chi connectivity index (χ2v) is 5.30. The summed E-state index contributed by atoms with van der Waals surface area (Å²) in [6.07, 6.45) is 3.98. The van der Waals surface area contributed by atoms with Crippen LogP contribution in [0.25, 0.3) is 0 Å². The second kappa shape index (κ2) is 7.65. The number of aryl methyl sites for hydroxylation is 1. The van der Waals surface area contributed by atoms with Crippen LogP contribution in [0, 0.1) is 6.92 Å². The number of unbranched alkanes of at least 4 members (excludes halogenated alkanes) is 1. The van der Waals surface area contributed by atoms with Crippen LogP contribution in [0.4, 0.5) is 5.13 Å². The number of ether oxygens (including phenoxy) is 1. The van der Waals surface area contributed by atoms with Crippen LogP contribution >= 0.6 is 11.3 Å². The summed E-state index contributed by atoms with van der Waals surface area (Å²) in [6.45, 7) is 4.87. The Bertz CT molecular complexity index is 566. The molecule has 0 aliphatic carbocycles. The molecule has 0 atom stereocenters. The van der Waals surface area contributed by atoms with Gasteiger partial charge in [0.1, 0.15) is 5.75 Å². The molecule has 2 rings (SSSR count). The maximum absolute atomic E-state index is 5.66. The highest BCUT2D eigenvalue weighted by molar-refractivity contribution is 7.13. The van der Waals surface area contributed by atoms with Gasteiger partial charge in [0.25, 0.3) is 0 Å². The topological polar surface area (TPSA) is 46.5 Å². The molecular weight excluding hydrogens is 270 g/mol. The average molecular weight is 289 g/mol. The molecule has 4 nitrogen and oxygen atoms in total. The van der Waals surface area contributed by atoms with E-state index in [0.717, 1.165) is 41.6 Å². The van der Waals surface area contributed by atoms with Crippen molar-refractivity contribution in [3.8, 4) is 5.75 Å². The van der Waals surface area contributed by atoms with E-state index >= 15 is 0 Å². The predicted octanol–water partition coefficient (Wildman–Crippen LogP) is 4.08. The average Bonchev–Trinajstić information content (AvgIpc) is 2.85. The lowest BCUT2D eigenvalue weighted by atomic mass is 10.2. The monoisotopic (exact) mass is 289 g/mol. The number of thiazole rings is 1.